The Morgan fingerprint density at radius 3 is 2.50 bits per heavy atom. The van der Waals surface area contributed by atoms with E-state index in [9.17, 15) is 9.59 Å². The number of hydrogen-bond donors (Lipinski definition) is 0. The Balaban J connectivity index is 2.60. The molecule has 5 heteroatoms. The van der Waals surface area contributed by atoms with Crippen molar-refractivity contribution in [2.45, 2.75) is 39.7 Å². The van der Waals surface area contributed by atoms with Gasteiger partial charge in [-0.2, -0.15) is 0 Å². The van der Waals surface area contributed by atoms with Crippen molar-refractivity contribution < 1.29 is 14.3 Å². The number of carbonyl (C=O) groups excluding carboxylic acids is 2. The van der Waals surface area contributed by atoms with E-state index in [-0.39, 0.29) is 18.2 Å². The largest absolute Gasteiger partial charge is 0.460 e. The number of nitrogens with zero attached hydrogens (tertiary/aromatic N) is 1. The van der Waals surface area contributed by atoms with E-state index >= 15 is 0 Å². The van der Waals surface area contributed by atoms with Crippen LogP contribution in [0, 0.1) is 0 Å². The zero-order valence-corrected chi connectivity index (χ0v) is 10.7. The normalized spacial score (nSPS) is 11.2. The molecule has 0 aliphatic rings. The number of ketones is 1. The van der Waals surface area contributed by atoms with Crippen molar-refractivity contribution in [1.82, 2.24) is 4.98 Å². The molecule has 1 aromatic rings. The number of Topliss-reactive ketones (excluding diaryl/α,β-unsaturated/α-hetero) is 1. The average Bonchev–Trinajstić information content (AvgIpc) is 2.48. The third-order valence-electron chi connectivity index (χ3n) is 1.62. The van der Waals surface area contributed by atoms with Crippen molar-refractivity contribution in [3.05, 3.63) is 16.1 Å². The number of ether oxygens (including phenoxy) is 1. The molecule has 1 heterocycles. The molecular weight excluding hydrogens is 226 g/mol. The molecule has 1 aromatic heterocycles. The van der Waals surface area contributed by atoms with Crippen molar-refractivity contribution in [2.24, 2.45) is 0 Å². The lowest BCUT2D eigenvalue weighted by molar-refractivity contribution is -0.153. The smallest absolute Gasteiger partial charge is 0.313 e. The van der Waals surface area contributed by atoms with Crippen LogP contribution in [0.25, 0.3) is 0 Å². The molecule has 0 fully saturated rings. The summed E-state index contributed by atoms with van der Waals surface area (Å²) in [6.45, 7) is 6.92. The standard InChI is InChI=1S/C11H15NO3S/c1-7(13)8-6-12-9(16-8)5-10(14)15-11(2,3)4/h6H,5H2,1-4H3. The monoisotopic (exact) mass is 241 g/mol. The second-order valence-corrected chi connectivity index (χ2v) is 5.55. The van der Waals surface area contributed by atoms with Gasteiger partial charge in [-0.3, -0.25) is 9.59 Å². The van der Waals surface area contributed by atoms with Gasteiger partial charge in [-0.1, -0.05) is 0 Å². The number of thiazole rings is 1. The van der Waals surface area contributed by atoms with Crippen molar-refractivity contribution in [3.63, 3.8) is 0 Å². The lowest BCUT2D eigenvalue weighted by Gasteiger charge is -2.18. The Kier molecular flexibility index (Phi) is 3.80. The minimum Gasteiger partial charge on any atom is -0.460 e. The lowest BCUT2D eigenvalue weighted by Crippen LogP contribution is -2.24. The molecule has 0 unspecified atom stereocenters. The third-order valence-corrected chi connectivity index (χ3v) is 2.71. The molecule has 0 saturated heterocycles. The topological polar surface area (TPSA) is 56.3 Å². The van der Waals surface area contributed by atoms with Gasteiger partial charge in [-0.25, -0.2) is 4.98 Å². The Morgan fingerprint density at radius 2 is 2.06 bits per heavy atom. The fraction of sp³-hybridized carbons (Fsp3) is 0.545. The number of aromatic nitrogens is 1. The predicted molar refractivity (Wildman–Crippen MR) is 61.7 cm³/mol. The van der Waals surface area contributed by atoms with Crippen molar-refractivity contribution in [3.8, 4) is 0 Å². The molecule has 16 heavy (non-hydrogen) atoms. The summed E-state index contributed by atoms with van der Waals surface area (Å²) in [4.78, 5) is 27.1. The van der Waals surface area contributed by atoms with Crippen LogP contribution in [0.5, 0.6) is 0 Å². The van der Waals surface area contributed by atoms with E-state index in [1.165, 1.54) is 24.5 Å². The van der Waals surface area contributed by atoms with Crippen LogP contribution >= 0.6 is 11.3 Å². The van der Waals surface area contributed by atoms with Gasteiger partial charge in [0.2, 0.25) is 0 Å². The van der Waals surface area contributed by atoms with Crippen molar-refractivity contribution in [1.29, 1.82) is 0 Å². The van der Waals surface area contributed by atoms with Gasteiger partial charge in [-0.15, -0.1) is 11.3 Å². The van der Waals surface area contributed by atoms with E-state index in [1.54, 1.807) is 0 Å². The lowest BCUT2D eigenvalue weighted by atomic mass is 10.2. The van der Waals surface area contributed by atoms with Crippen LogP contribution in [-0.2, 0) is 16.0 Å². The molecular formula is C11H15NO3S. The molecule has 0 radical (unpaired) electrons. The summed E-state index contributed by atoms with van der Waals surface area (Å²) < 4.78 is 5.15. The van der Waals surface area contributed by atoms with Crippen LogP contribution in [0.3, 0.4) is 0 Å². The molecule has 0 saturated carbocycles. The number of esters is 1. The molecule has 0 atom stereocenters. The van der Waals surface area contributed by atoms with Crippen LogP contribution in [0.15, 0.2) is 6.20 Å². The van der Waals surface area contributed by atoms with Crippen LogP contribution in [-0.4, -0.2) is 22.3 Å². The summed E-state index contributed by atoms with van der Waals surface area (Å²) >= 11 is 1.23. The fourth-order valence-electron chi connectivity index (χ4n) is 1.06. The van der Waals surface area contributed by atoms with E-state index in [4.69, 9.17) is 4.74 Å². The Morgan fingerprint density at radius 1 is 1.44 bits per heavy atom. The minimum atomic E-state index is -0.488. The van der Waals surface area contributed by atoms with E-state index in [2.05, 4.69) is 4.98 Å². The first-order chi connectivity index (χ1) is 7.28. The Hall–Kier alpha value is -1.23. The maximum absolute atomic E-state index is 11.5. The summed E-state index contributed by atoms with van der Waals surface area (Å²) in [5, 5.41) is 0.611. The molecule has 4 nitrogen and oxygen atoms in total. The average molecular weight is 241 g/mol. The summed E-state index contributed by atoms with van der Waals surface area (Å²) in [7, 11) is 0. The van der Waals surface area contributed by atoms with Gasteiger partial charge >= 0.3 is 5.97 Å². The highest BCUT2D eigenvalue weighted by atomic mass is 32.1. The molecule has 0 aromatic carbocycles. The van der Waals surface area contributed by atoms with Gasteiger partial charge in [0, 0.05) is 13.1 Å². The zero-order valence-electron chi connectivity index (χ0n) is 9.86. The molecule has 88 valence electrons. The highest BCUT2D eigenvalue weighted by molar-refractivity contribution is 7.13. The molecule has 0 N–H and O–H groups in total. The fourth-order valence-corrected chi connectivity index (χ4v) is 1.85. The molecule has 0 amide bonds. The van der Waals surface area contributed by atoms with Gasteiger partial charge < -0.3 is 4.74 Å². The highest BCUT2D eigenvalue weighted by Crippen LogP contribution is 2.16. The third kappa shape index (κ3) is 4.10. The van der Waals surface area contributed by atoms with Gasteiger partial charge in [0.15, 0.2) is 5.78 Å². The van der Waals surface area contributed by atoms with Gasteiger partial charge in [-0.05, 0) is 20.8 Å². The SMILES string of the molecule is CC(=O)c1cnc(CC(=O)OC(C)(C)C)s1. The van der Waals surface area contributed by atoms with Crippen LogP contribution in [0.2, 0.25) is 0 Å². The number of rotatable bonds is 3. The first-order valence-electron chi connectivity index (χ1n) is 4.95. The quantitative estimate of drug-likeness (QED) is 0.601. The van der Waals surface area contributed by atoms with Gasteiger partial charge in [0.05, 0.1) is 11.3 Å². The summed E-state index contributed by atoms with van der Waals surface area (Å²) in [5.41, 5.74) is -0.488. The van der Waals surface area contributed by atoms with E-state index < -0.39 is 5.60 Å². The minimum absolute atomic E-state index is 0.0343. The Labute approximate surface area is 98.6 Å². The highest BCUT2D eigenvalue weighted by Gasteiger charge is 2.18. The second-order valence-electron chi connectivity index (χ2n) is 4.44. The van der Waals surface area contributed by atoms with Crippen molar-refractivity contribution in [2.75, 3.05) is 0 Å². The van der Waals surface area contributed by atoms with Gasteiger partial charge in [0.1, 0.15) is 10.6 Å². The predicted octanol–water partition coefficient (Wildman–Crippen LogP) is 2.23. The van der Waals surface area contributed by atoms with Crippen LogP contribution in [0.1, 0.15) is 42.4 Å². The molecule has 0 bridgehead atoms. The zero-order chi connectivity index (χ0) is 12.3. The summed E-state index contributed by atoms with van der Waals surface area (Å²) in [6.07, 6.45) is 1.61. The van der Waals surface area contributed by atoms with Crippen LogP contribution in [0.4, 0.5) is 0 Å². The molecule has 0 aliphatic heterocycles. The second kappa shape index (κ2) is 4.74. The number of carbonyl (C=O) groups is 2. The van der Waals surface area contributed by atoms with E-state index in [0.29, 0.717) is 9.88 Å². The van der Waals surface area contributed by atoms with Crippen molar-refractivity contribution >= 4 is 23.1 Å². The maximum Gasteiger partial charge on any atom is 0.313 e. The van der Waals surface area contributed by atoms with Gasteiger partial charge in [0.25, 0.3) is 0 Å². The molecule has 1 rings (SSSR count). The van der Waals surface area contributed by atoms with Crippen LogP contribution < -0.4 is 0 Å². The van der Waals surface area contributed by atoms with E-state index in [0.717, 1.165) is 0 Å². The summed E-state index contributed by atoms with van der Waals surface area (Å²) in [5.74, 6) is -0.357. The molecule has 0 spiro atoms. The first kappa shape index (κ1) is 12.8. The maximum atomic E-state index is 11.5. The summed E-state index contributed by atoms with van der Waals surface area (Å²) in [6, 6.07) is 0. The van der Waals surface area contributed by atoms with E-state index in [1.807, 2.05) is 20.8 Å². The Bertz CT molecular complexity index is 404. The molecule has 0 aliphatic carbocycles. The first-order valence-corrected chi connectivity index (χ1v) is 5.77. The number of hydrogen-bond acceptors (Lipinski definition) is 5.